The Labute approximate surface area is 142 Å². The molecule has 0 spiro atoms. The summed E-state index contributed by atoms with van der Waals surface area (Å²) in [7, 11) is 0. The first-order valence-electron chi connectivity index (χ1n) is 9.83. The van der Waals surface area contributed by atoms with Crippen LogP contribution in [0.15, 0.2) is 30.3 Å². The minimum Gasteiger partial charge on any atom is -0.312 e. The molecule has 1 aromatic carbocycles. The molecule has 1 saturated heterocycles. The second-order valence-corrected chi connectivity index (χ2v) is 7.75. The molecule has 0 bridgehead atoms. The minimum absolute atomic E-state index is 0.694. The maximum Gasteiger partial charge on any atom is 0.0198 e. The van der Waals surface area contributed by atoms with Gasteiger partial charge in [-0.2, -0.15) is 0 Å². The molecule has 1 aromatic rings. The second-order valence-electron chi connectivity index (χ2n) is 7.75. The number of likely N-dealkylation sites (tertiary alicyclic amines) is 1. The number of nitrogens with one attached hydrogen (secondary N) is 1. The molecule has 0 radical (unpaired) electrons. The highest BCUT2D eigenvalue weighted by Gasteiger charge is 2.27. The van der Waals surface area contributed by atoms with E-state index in [-0.39, 0.29) is 0 Å². The molecule has 2 nitrogen and oxygen atoms in total. The zero-order valence-corrected chi connectivity index (χ0v) is 14.8. The van der Waals surface area contributed by atoms with Gasteiger partial charge in [0.2, 0.25) is 0 Å². The third-order valence-corrected chi connectivity index (χ3v) is 5.85. The van der Waals surface area contributed by atoms with Gasteiger partial charge in [0.1, 0.15) is 0 Å². The second kappa shape index (κ2) is 8.84. The van der Waals surface area contributed by atoms with Gasteiger partial charge in [0.05, 0.1) is 0 Å². The SMILES string of the molecule is CCN1CC(Cc2ccccc2)CC(NCC2CCCCC2)C1. The molecule has 2 heteroatoms. The van der Waals surface area contributed by atoms with Crippen molar-refractivity contribution in [3.05, 3.63) is 35.9 Å². The summed E-state index contributed by atoms with van der Waals surface area (Å²) in [5, 5.41) is 3.93. The molecule has 0 amide bonds. The minimum atomic E-state index is 0.694. The number of hydrogen-bond donors (Lipinski definition) is 1. The van der Waals surface area contributed by atoms with Gasteiger partial charge in [0.25, 0.3) is 0 Å². The van der Waals surface area contributed by atoms with Crippen LogP contribution < -0.4 is 5.32 Å². The van der Waals surface area contributed by atoms with Crippen molar-refractivity contribution in [1.29, 1.82) is 0 Å². The molecule has 23 heavy (non-hydrogen) atoms. The van der Waals surface area contributed by atoms with Crippen molar-refractivity contribution >= 4 is 0 Å². The van der Waals surface area contributed by atoms with Crippen LogP contribution in [0.25, 0.3) is 0 Å². The van der Waals surface area contributed by atoms with Crippen LogP contribution in [0.5, 0.6) is 0 Å². The number of rotatable bonds is 6. The van der Waals surface area contributed by atoms with Gasteiger partial charge < -0.3 is 10.2 Å². The van der Waals surface area contributed by atoms with Crippen LogP contribution in [-0.2, 0) is 6.42 Å². The molecule has 1 saturated carbocycles. The predicted octanol–water partition coefficient (Wildman–Crippen LogP) is 4.11. The number of likely N-dealkylation sites (N-methyl/N-ethyl adjacent to an activating group) is 1. The van der Waals surface area contributed by atoms with E-state index < -0.39 is 0 Å². The Kier molecular flexibility index (Phi) is 6.53. The fraction of sp³-hybridized carbons (Fsp3) is 0.714. The summed E-state index contributed by atoms with van der Waals surface area (Å²) in [6.45, 7) is 7.26. The molecule has 2 aliphatic rings. The van der Waals surface area contributed by atoms with E-state index in [2.05, 4.69) is 47.5 Å². The molecule has 1 heterocycles. The van der Waals surface area contributed by atoms with E-state index in [4.69, 9.17) is 0 Å². The van der Waals surface area contributed by atoms with Crippen molar-refractivity contribution in [1.82, 2.24) is 10.2 Å². The highest BCUT2D eigenvalue weighted by molar-refractivity contribution is 5.15. The summed E-state index contributed by atoms with van der Waals surface area (Å²) in [4.78, 5) is 2.65. The third-order valence-electron chi connectivity index (χ3n) is 5.85. The first-order valence-corrected chi connectivity index (χ1v) is 9.83. The molecule has 3 rings (SSSR count). The zero-order valence-electron chi connectivity index (χ0n) is 14.8. The van der Waals surface area contributed by atoms with E-state index >= 15 is 0 Å². The van der Waals surface area contributed by atoms with E-state index in [1.165, 1.54) is 76.7 Å². The van der Waals surface area contributed by atoms with Crippen LogP contribution >= 0.6 is 0 Å². The van der Waals surface area contributed by atoms with E-state index in [0.717, 1.165) is 11.8 Å². The maximum absolute atomic E-state index is 3.93. The Bertz CT molecular complexity index is 438. The molecule has 1 N–H and O–H groups in total. The summed E-state index contributed by atoms with van der Waals surface area (Å²) in [6.07, 6.45) is 9.85. The standard InChI is InChI=1S/C21H34N2/c1-2-23-16-20(13-18-9-5-3-6-10-18)14-21(17-23)22-15-19-11-7-4-8-12-19/h3,5-6,9-10,19-22H,2,4,7-8,11-17H2,1H3. The number of hydrogen-bond acceptors (Lipinski definition) is 2. The van der Waals surface area contributed by atoms with E-state index in [9.17, 15) is 0 Å². The average Bonchev–Trinajstić information content (AvgIpc) is 2.61. The number of nitrogens with zero attached hydrogens (tertiary/aromatic N) is 1. The maximum atomic E-state index is 3.93. The highest BCUT2D eigenvalue weighted by atomic mass is 15.2. The molecule has 2 atom stereocenters. The molecular formula is C21H34N2. The van der Waals surface area contributed by atoms with Crippen molar-refractivity contribution < 1.29 is 0 Å². The molecule has 1 aliphatic heterocycles. The van der Waals surface area contributed by atoms with E-state index in [0.29, 0.717) is 6.04 Å². The van der Waals surface area contributed by atoms with Crippen molar-refractivity contribution in [3.63, 3.8) is 0 Å². The van der Waals surface area contributed by atoms with Gasteiger partial charge in [-0.3, -0.25) is 0 Å². The quantitative estimate of drug-likeness (QED) is 0.850. The van der Waals surface area contributed by atoms with Gasteiger partial charge in [0, 0.05) is 19.1 Å². The third kappa shape index (κ3) is 5.32. The van der Waals surface area contributed by atoms with Gasteiger partial charge in [-0.15, -0.1) is 0 Å². The van der Waals surface area contributed by atoms with Gasteiger partial charge in [0.15, 0.2) is 0 Å². The predicted molar refractivity (Wildman–Crippen MR) is 98.7 cm³/mol. The molecule has 2 fully saturated rings. The van der Waals surface area contributed by atoms with Gasteiger partial charge in [-0.25, -0.2) is 0 Å². The first kappa shape index (κ1) is 17.0. The summed E-state index contributed by atoms with van der Waals surface area (Å²) in [6, 6.07) is 11.7. The Morgan fingerprint density at radius 2 is 1.78 bits per heavy atom. The molecular weight excluding hydrogens is 280 g/mol. The topological polar surface area (TPSA) is 15.3 Å². The summed E-state index contributed by atoms with van der Waals surface area (Å²) >= 11 is 0. The molecule has 2 unspecified atom stereocenters. The fourth-order valence-corrected chi connectivity index (χ4v) is 4.53. The highest BCUT2D eigenvalue weighted by Crippen LogP contribution is 2.25. The van der Waals surface area contributed by atoms with Crippen molar-refractivity contribution in [2.24, 2.45) is 11.8 Å². The molecule has 128 valence electrons. The number of piperidine rings is 1. The Hall–Kier alpha value is -0.860. The van der Waals surface area contributed by atoms with E-state index in [1.54, 1.807) is 0 Å². The van der Waals surface area contributed by atoms with Crippen LogP contribution in [0.3, 0.4) is 0 Å². The molecule has 0 aromatic heterocycles. The van der Waals surface area contributed by atoms with Crippen LogP contribution in [0, 0.1) is 11.8 Å². The normalized spacial score (nSPS) is 27.2. The summed E-state index contributed by atoms with van der Waals surface area (Å²) in [5.41, 5.74) is 1.50. The smallest absolute Gasteiger partial charge is 0.0198 e. The van der Waals surface area contributed by atoms with Crippen molar-refractivity contribution in [2.45, 2.75) is 57.9 Å². The van der Waals surface area contributed by atoms with Crippen LogP contribution in [0.1, 0.15) is 51.0 Å². The monoisotopic (exact) mass is 314 g/mol. The fourth-order valence-electron chi connectivity index (χ4n) is 4.53. The largest absolute Gasteiger partial charge is 0.312 e. The summed E-state index contributed by atoms with van der Waals surface area (Å²) in [5.74, 6) is 1.74. The zero-order chi connectivity index (χ0) is 15.9. The van der Waals surface area contributed by atoms with Gasteiger partial charge in [-0.1, -0.05) is 56.5 Å². The van der Waals surface area contributed by atoms with Gasteiger partial charge in [-0.05, 0) is 56.2 Å². The van der Waals surface area contributed by atoms with Crippen LogP contribution in [0.4, 0.5) is 0 Å². The summed E-state index contributed by atoms with van der Waals surface area (Å²) < 4.78 is 0. The van der Waals surface area contributed by atoms with Crippen LogP contribution in [0.2, 0.25) is 0 Å². The van der Waals surface area contributed by atoms with Crippen molar-refractivity contribution in [3.8, 4) is 0 Å². The lowest BCUT2D eigenvalue weighted by molar-refractivity contribution is 0.142. The van der Waals surface area contributed by atoms with Crippen molar-refractivity contribution in [2.75, 3.05) is 26.2 Å². The lowest BCUT2D eigenvalue weighted by Gasteiger charge is -2.38. The molecule has 1 aliphatic carbocycles. The Balaban J connectivity index is 1.50. The number of benzene rings is 1. The average molecular weight is 315 g/mol. The Morgan fingerprint density at radius 1 is 1.00 bits per heavy atom. The first-order chi connectivity index (χ1) is 11.3. The van der Waals surface area contributed by atoms with Crippen LogP contribution in [-0.4, -0.2) is 37.1 Å². The van der Waals surface area contributed by atoms with Gasteiger partial charge >= 0.3 is 0 Å². The lowest BCUT2D eigenvalue weighted by atomic mass is 9.87. The lowest BCUT2D eigenvalue weighted by Crippen LogP contribution is -2.50. The van der Waals surface area contributed by atoms with E-state index in [1.807, 2.05) is 0 Å². The Morgan fingerprint density at radius 3 is 2.52 bits per heavy atom.